The second kappa shape index (κ2) is 7.46. The quantitative estimate of drug-likeness (QED) is 0.670. The zero-order valence-electron chi connectivity index (χ0n) is 16.3. The van der Waals surface area contributed by atoms with E-state index in [1.165, 1.54) is 6.42 Å². The Morgan fingerprint density at radius 2 is 1.79 bits per heavy atom. The molecule has 0 spiro atoms. The van der Waals surface area contributed by atoms with Crippen LogP contribution in [0.15, 0.2) is 42.5 Å². The number of aromatic nitrogens is 1. The number of benzene rings is 2. The number of nitrogens with zero attached hydrogens (tertiary/aromatic N) is 2. The third-order valence-corrected chi connectivity index (χ3v) is 6.14. The molecular weight excluding hydrogens is 364 g/mol. The molecule has 1 N–H and O–H groups in total. The van der Waals surface area contributed by atoms with E-state index >= 15 is 0 Å². The molecule has 1 saturated carbocycles. The molecule has 0 radical (unpaired) electrons. The van der Waals surface area contributed by atoms with Crippen molar-refractivity contribution in [1.82, 2.24) is 4.57 Å². The SMILES string of the molecule is N#Cc1c(-c2ccc(O)cc2)n(C2CCC2)c2cc(OC3CCOCC3)ccc12. The van der Waals surface area contributed by atoms with Crippen molar-refractivity contribution in [2.24, 2.45) is 0 Å². The Kier molecular flexibility index (Phi) is 4.65. The van der Waals surface area contributed by atoms with Crippen molar-refractivity contribution < 1.29 is 14.6 Å². The predicted molar refractivity (Wildman–Crippen MR) is 111 cm³/mol. The molecule has 5 nitrogen and oxygen atoms in total. The number of fused-ring (bicyclic) bond motifs is 1. The minimum atomic E-state index is 0.181. The maximum absolute atomic E-state index is 9.99. The Bertz CT molecular complexity index is 1070. The van der Waals surface area contributed by atoms with Gasteiger partial charge >= 0.3 is 0 Å². The lowest BCUT2D eigenvalue weighted by molar-refractivity contribution is 0.0256. The van der Waals surface area contributed by atoms with Crippen molar-refractivity contribution in [3.05, 3.63) is 48.0 Å². The molecule has 5 heteroatoms. The van der Waals surface area contributed by atoms with Gasteiger partial charge in [-0.25, -0.2) is 0 Å². The van der Waals surface area contributed by atoms with Gasteiger partial charge in [0.15, 0.2) is 0 Å². The topological polar surface area (TPSA) is 67.4 Å². The van der Waals surface area contributed by atoms with Gasteiger partial charge in [-0.15, -0.1) is 0 Å². The Morgan fingerprint density at radius 3 is 2.45 bits per heavy atom. The third kappa shape index (κ3) is 3.24. The fourth-order valence-corrected chi connectivity index (χ4v) is 4.39. The largest absolute Gasteiger partial charge is 0.508 e. The summed E-state index contributed by atoms with van der Waals surface area (Å²) in [6, 6.07) is 16.0. The van der Waals surface area contributed by atoms with Crippen LogP contribution in [-0.4, -0.2) is 29.0 Å². The highest BCUT2D eigenvalue weighted by atomic mass is 16.5. The predicted octanol–water partition coefficient (Wildman–Crippen LogP) is 5.17. The summed E-state index contributed by atoms with van der Waals surface area (Å²) in [4.78, 5) is 0. The number of aromatic hydroxyl groups is 1. The van der Waals surface area contributed by atoms with Crippen molar-refractivity contribution in [1.29, 1.82) is 5.26 Å². The summed E-state index contributed by atoms with van der Waals surface area (Å²) >= 11 is 0. The lowest BCUT2D eigenvalue weighted by Crippen LogP contribution is -2.25. The van der Waals surface area contributed by atoms with E-state index in [4.69, 9.17) is 9.47 Å². The summed E-state index contributed by atoms with van der Waals surface area (Å²) in [7, 11) is 0. The summed E-state index contributed by atoms with van der Waals surface area (Å²) in [5.41, 5.74) is 3.64. The van der Waals surface area contributed by atoms with E-state index < -0.39 is 0 Å². The molecular formula is C24H24N2O3. The summed E-state index contributed by atoms with van der Waals surface area (Å²) in [5, 5.41) is 20.7. The van der Waals surface area contributed by atoms with Crippen LogP contribution in [-0.2, 0) is 4.74 Å². The highest BCUT2D eigenvalue weighted by Crippen LogP contribution is 2.43. The molecule has 2 heterocycles. The molecule has 2 fully saturated rings. The van der Waals surface area contributed by atoms with Crippen LogP contribution in [0.25, 0.3) is 22.2 Å². The number of phenols is 1. The van der Waals surface area contributed by atoms with Crippen molar-refractivity contribution in [2.45, 2.75) is 44.2 Å². The normalized spacial score (nSPS) is 17.8. The van der Waals surface area contributed by atoms with Gasteiger partial charge in [0.1, 0.15) is 23.7 Å². The molecule has 3 aromatic rings. The smallest absolute Gasteiger partial charge is 0.121 e. The molecule has 0 bridgehead atoms. The molecule has 2 aromatic carbocycles. The standard InChI is InChI=1S/C24H24N2O3/c25-15-22-21-9-8-20(29-19-10-12-28-13-11-19)14-23(21)26(17-2-1-3-17)24(22)16-4-6-18(27)7-5-16/h4-9,14,17,19,27H,1-3,10-13H2. The van der Waals surface area contributed by atoms with Gasteiger partial charge in [0.05, 0.1) is 30.0 Å². The van der Waals surface area contributed by atoms with Gasteiger partial charge in [0.2, 0.25) is 0 Å². The van der Waals surface area contributed by atoms with Crippen LogP contribution in [0.2, 0.25) is 0 Å². The van der Waals surface area contributed by atoms with Crippen LogP contribution in [0.3, 0.4) is 0 Å². The molecule has 29 heavy (non-hydrogen) atoms. The third-order valence-electron chi connectivity index (χ3n) is 6.14. The number of ether oxygens (including phenoxy) is 2. The van der Waals surface area contributed by atoms with Crippen LogP contribution in [0.4, 0.5) is 0 Å². The number of phenolic OH excluding ortho intramolecular Hbond substituents is 1. The maximum Gasteiger partial charge on any atom is 0.121 e. The first kappa shape index (κ1) is 18.1. The molecule has 0 unspecified atom stereocenters. The van der Waals surface area contributed by atoms with Crippen molar-refractivity contribution in [2.75, 3.05) is 13.2 Å². The van der Waals surface area contributed by atoms with Gasteiger partial charge in [-0.3, -0.25) is 0 Å². The molecule has 2 aliphatic rings. The summed E-state index contributed by atoms with van der Waals surface area (Å²) in [5.74, 6) is 1.08. The van der Waals surface area contributed by atoms with E-state index in [0.717, 1.165) is 66.8 Å². The minimum absolute atomic E-state index is 0.181. The minimum Gasteiger partial charge on any atom is -0.508 e. The van der Waals surface area contributed by atoms with Crippen molar-refractivity contribution >= 4 is 10.9 Å². The lowest BCUT2D eigenvalue weighted by Gasteiger charge is -2.30. The molecule has 1 aliphatic carbocycles. The zero-order chi connectivity index (χ0) is 19.8. The van der Waals surface area contributed by atoms with E-state index in [0.29, 0.717) is 11.6 Å². The van der Waals surface area contributed by atoms with Crippen LogP contribution < -0.4 is 4.74 Å². The van der Waals surface area contributed by atoms with Gasteiger partial charge in [-0.2, -0.15) is 5.26 Å². The van der Waals surface area contributed by atoms with Gasteiger partial charge in [-0.1, -0.05) is 0 Å². The summed E-state index contributed by atoms with van der Waals surface area (Å²) in [6.45, 7) is 1.49. The first-order valence-corrected chi connectivity index (χ1v) is 10.4. The average Bonchev–Trinajstić information content (AvgIpc) is 3.01. The second-order valence-corrected chi connectivity index (χ2v) is 7.95. The zero-order valence-corrected chi connectivity index (χ0v) is 16.3. The monoisotopic (exact) mass is 388 g/mol. The maximum atomic E-state index is 9.99. The van der Waals surface area contributed by atoms with Gasteiger partial charge < -0.3 is 19.1 Å². The lowest BCUT2D eigenvalue weighted by atomic mass is 9.92. The first-order chi connectivity index (χ1) is 14.2. The van der Waals surface area contributed by atoms with Crippen molar-refractivity contribution in [3.63, 3.8) is 0 Å². The van der Waals surface area contributed by atoms with E-state index in [2.05, 4.69) is 16.7 Å². The Morgan fingerprint density at radius 1 is 1.03 bits per heavy atom. The molecule has 1 aliphatic heterocycles. The first-order valence-electron chi connectivity index (χ1n) is 10.4. The molecule has 148 valence electrons. The van der Waals surface area contributed by atoms with E-state index in [9.17, 15) is 10.4 Å². The fraction of sp³-hybridized carbons (Fsp3) is 0.375. The number of hydrogen-bond acceptors (Lipinski definition) is 4. The van der Waals surface area contributed by atoms with Crippen LogP contribution >= 0.6 is 0 Å². The Balaban J connectivity index is 1.64. The van der Waals surface area contributed by atoms with E-state index in [1.807, 2.05) is 24.3 Å². The molecule has 0 atom stereocenters. The molecule has 1 aromatic heterocycles. The second-order valence-electron chi connectivity index (χ2n) is 7.95. The molecule has 0 amide bonds. The average molecular weight is 388 g/mol. The van der Waals surface area contributed by atoms with Gasteiger partial charge in [-0.05, 0) is 61.2 Å². The van der Waals surface area contributed by atoms with Crippen molar-refractivity contribution in [3.8, 4) is 28.8 Å². The Hall–Kier alpha value is -2.97. The van der Waals surface area contributed by atoms with Gasteiger partial charge in [0, 0.05) is 30.3 Å². The molecule has 5 rings (SSSR count). The van der Waals surface area contributed by atoms with Crippen LogP contribution in [0, 0.1) is 11.3 Å². The molecule has 1 saturated heterocycles. The van der Waals surface area contributed by atoms with Crippen LogP contribution in [0.1, 0.15) is 43.7 Å². The van der Waals surface area contributed by atoms with Crippen LogP contribution in [0.5, 0.6) is 11.5 Å². The van der Waals surface area contributed by atoms with Gasteiger partial charge in [0.25, 0.3) is 0 Å². The highest BCUT2D eigenvalue weighted by Gasteiger charge is 2.28. The number of hydrogen-bond donors (Lipinski definition) is 1. The number of rotatable bonds is 4. The Labute approximate surface area is 170 Å². The van der Waals surface area contributed by atoms with E-state index in [-0.39, 0.29) is 11.9 Å². The highest BCUT2D eigenvalue weighted by molar-refractivity contribution is 5.95. The fourth-order valence-electron chi connectivity index (χ4n) is 4.39. The van der Waals surface area contributed by atoms with E-state index in [1.54, 1.807) is 12.1 Å². The summed E-state index contributed by atoms with van der Waals surface area (Å²) < 4.78 is 14.0. The summed E-state index contributed by atoms with van der Waals surface area (Å²) in [6.07, 6.45) is 5.43. The number of nitriles is 1.